The van der Waals surface area contributed by atoms with Gasteiger partial charge in [-0.2, -0.15) is 4.98 Å². The van der Waals surface area contributed by atoms with Gasteiger partial charge in [-0.05, 0) is 42.7 Å². The number of aromatic nitrogens is 3. The highest BCUT2D eigenvalue weighted by Crippen LogP contribution is 2.31. The first kappa shape index (κ1) is 15.3. The Morgan fingerprint density at radius 1 is 1.25 bits per heavy atom. The van der Waals surface area contributed by atoms with Gasteiger partial charge in [-0.1, -0.05) is 28.9 Å². The Bertz CT molecular complexity index is 849. The van der Waals surface area contributed by atoms with Crippen molar-refractivity contribution in [2.24, 2.45) is 0 Å². The lowest BCUT2D eigenvalue weighted by atomic mass is 9.98. The average Bonchev–Trinajstić information content (AvgIpc) is 3.12. The lowest BCUT2D eigenvalue weighted by Gasteiger charge is -2.32. The number of fused-ring (bicyclic) bond motifs is 1. The van der Waals surface area contributed by atoms with E-state index in [1.54, 1.807) is 12.4 Å². The molecule has 0 fully saturated rings. The van der Waals surface area contributed by atoms with Crippen LogP contribution < -0.4 is 0 Å². The molecule has 4 rings (SSSR count). The van der Waals surface area contributed by atoms with Gasteiger partial charge in [-0.15, -0.1) is 0 Å². The molecule has 0 N–H and O–H groups in total. The van der Waals surface area contributed by atoms with Gasteiger partial charge >= 0.3 is 0 Å². The molecule has 5 nitrogen and oxygen atoms in total. The van der Waals surface area contributed by atoms with Gasteiger partial charge in [0.25, 0.3) is 0 Å². The Labute approximate surface area is 145 Å². The van der Waals surface area contributed by atoms with Gasteiger partial charge in [0.2, 0.25) is 11.7 Å². The highest BCUT2D eigenvalue weighted by molar-refractivity contribution is 6.31. The second-order valence-corrected chi connectivity index (χ2v) is 6.38. The first-order valence-electron chi connectivity index (χ1n) is 7.96. The maximum Gasteiger partial charge on any atom is 0.244 e. The smallest absolute Gasteiger partial charge is 0.244 e. The van der Waals surface area contributed by atoms with E-state index in [1.807, 2.05) is 24.3 Å². The van der Waals surface area contributed by atoms with E-state index in [1.165, 1.54) is 11.1 Å². The Morgan fingerprint density at radius 3 is 3.00 bits per heavy atom. The zero-order chi connectivity index (χ0) is 16.5. The van der Waals surface area contributed by atoms with Crippen LogP contribution >= 0.6 is 11.6 Å². The molecule has 0 saturated carbocycles. The van der Waals surface area contributed by atoms with Gasteiger partial charge < -0.3 is 4.52 Å². The van der Waals surface area contributed by atoms with Crippen LogP contribution in [0.2, 0.25) is 5.02 Å². The van der Waals surface area contributed by atoms with Crippen LogP contribution in [0.3, 0.4) is 0 Å². The molecular weight excluding hydrogens is 324 g/mol. The molecule has 0 spiro atoms. The summed E-state index contributed by atoms with van der Waals surface area (Å²) in [5.41, 5.74) is 3.38. The van der Waals surface area contributed by atoms with E-state index in [-0.39, 0.29) is 6.04 Å². The van der Waals surface area contributed by atoms with Gasteiger partial charge in [0.05, 0.1) is 6.04 Å². The zero-order valence-corrected chi connectivity index (χ0v) is 14.1. The SMILES string of the molecule is CC(c1nc(-c2cccnc2)no1)N1CCc2c(Cl)cccc2C1. The van der Waals surface area contributed by atoms with Crippen LogP contribution in [0.5, 0.6) is 0 Å². The lowest BCUT2D eigenvalue weighted by Crippen LogP contribution is -2.33. The normalized spacial score (nSPS) is 15.9. The number of nitrogens with zero attached hydrogens (tertiary/aromatic N) is 4. The largest absolute Gasteiger partial charge is 0.337 e. The molecule has 3 heterocycles. The second kappa shape index (κ2) is 6.34. The van der Waals surface area contributed by atoms with Crippen LogP contribution in [0, 0.1) is 0 Å². The van der Waals surface area contributed by atoms with Crippen molar-refractivity contribution in [1.29, 1.82) is 0 Å². The molecule has 0 amide bonds. The van der Waals surface area contributed by atoms with Crippen molar-refractivity contribution in [2.75, 3.05) is 6.54 Å². The predicted octanol–water partition coefficient (Wildman–Crippen LogP) is 3.90. The van der Waals surface area contributed by atoms with Crippen LogP contribution in [0.15, 0.2) is 47.2 Å². The van der Waals surface area contributed by atoms with Crippen molar-refractivity contribution in [3.8, 4) is 11.4 Å². The molecule has 24 heavy (non-hydrogen) atoms. The summed E-state index contributed by atoms with van der Waals surface area (Å²) in [4.78, 5) is 11.0. The third kappa shape index (κ3) is 2.81. The summed E-state index contributed by atoms with van der Waals surface area (Å²) >= 11 is 6.29. The molecule has 1 aliphatic heterocycles. The van der Waals surface area contributed by atoms with Crippen molar-refractivity contribution >= 4 is 11.6 Å². The molecule has 1 unspecified atom stereocenters. The van der Waals surface area contributed by atoms with Crippen molar-refractivity contribution in [3.63, 3.8) is 0 Å². The predicted molar refractivity (Wildman–Crippen MR) is 91.5 cm³/mol. The fourth-order valence-corrected chi connectivity index (χ4v) is 3.38. The number of benzene rings is 1. The quantitative estimate of drug-likeness (QED) is 0.723. The second-order valence-electron chi connectivity index (χ2n) is 5.97. The van der Waals surface area contributed by atoms with Gasteiger partial charge in [-0.3, -0.25) is 9.88 Å². The maximum absolute atomic E-state index is 6.29. The van der Waals surface area contributed by atoms with Crippen LogP contribution in [-0.2, 0) is 13.0 Å². The van der Waals surface area contributed by atoms with Crippen molar-refractivity contribution in [1.82, 2.24) is 20.0 Å². The monoisotopic (exact) mass is 340 g/mol. The molecule has 1 atom stereocenters. The van der Waals surface area contributed by atoms with Crippen LogP contribution in [0.1, 0.15) is 30.0 Å². The Kier molecular flexibility index (Phi) is 4.04. The highest BCUT2D eigenvalue weighted by atomic mass is 35.5. The van der Waals surface area contributed by atoms with Crippen molar-refractivity contribution < 1.29 is 4.52 Å². The first-order chi connectivity index (χ1) is 11.7. The number of halogens is 1. The van der Waals surface area contributed by atoms with Crippen molar-refractivity contribution in [2.45, 2.75) is 25.9 Å². The molecule has 0 saturated heterocycles. The Hall–Kier alpha value is -2.24. The fraction of sp³-hybridized carbons (Fsp3) is 0.278. The van der Waals surface area contributed by atoms with Crippen LogP contribution in [-0.4, -0.2) is 26.6 Å². The lowest BCUT2D eigenvalue weighted by molar-refractivity contribution is 0.158. The van der Waals surface area contributed by atoms with Gasteiger partial charge in [0, 0.05) is 36.1 Å². The van der Waals surface area contributed by atoms with E-state index >= 15 is 0 Å². The minimum atomic E-state index is 0.0510. The van der Waals surface area contributed by atoms with E-state index in [2.05, 4.69) is 33.0 Å². The summed E-state index contributed by atoms with van der Waals surface area (Å²) in [5.74, 6) is 1.20. The van der Waals surface area contributed by atoms with Gasteiger partial charge in [0.1, 0.15) is 0 Å². The Morgan fingerprint density at radius 2 is 2.17 bits per heavy atom. The molecule has 0 bridgehead atoms. The standard InChI is InChI=1S/C18H17ClN4O/c1-12(18-21-17(22-24-18)13-5-3-8-20-10-13)23-9-7-15-14(11-23)4-2-6-16(15)19/h2-6,8,10,12H,7,9,11H2,1H3. The molecule has 6 heteroatoms. The molecule has 1 aromatic carbocycles. The number of hydrogen-bond donors (Lipinski definition) is 0. The molecule has 1 aliphatic rings. The van der Waals surface area contributed by atoms with E-state index < -0.39 is 0 Å². The van der Waals surface area contributed by atoms with E-state index in [9.17, 15) is 0 Å². The molecule has 3 aromatic rings. The van der Waals surface area contributed by atoms with E-state index in [4.69, 9.17) is 16.1 Å². The summed E-state index contributed by atoms with van der Waals surface area (Å²) in [6.45, 7) is 3.85. The molecular formula is C18H17ClN4O. The van der Waals surface area contributed by atoms with Gasteiger partial charge in [-0.25, -0.2) is 0 Å². The number of rotatable bonds is 3. The zero-order valence-electron chi connectivity index (χ0n) is 13.3. The topological polar surface area (TPSA) is 55.1 Å². The number of pyridine rings is 1. The summed E-state index contributed by atoms with van der Waals surface area (Å²) < 4.78 is 5.49. The van der Waals surface area contributed by atoms with E-state index in [0.717, 1.165) is 30.1 Å². The minimum Gasteiger partial charge on any atom is -0.337 e. The highest BCUT2D eigenvalue weighted by Gasteiger charge is 2.26. The van der Waals surface area contributed by atoms with Crippen molar-refractivity contribution in [3.05, 3.63) is 64.8 Å². The van der Waals surface area contributed by atoms with E-state index in [0.29, 0.717) is 11.7 Å². The number of hydrogen-bond acceptors (Lipinski definition) is 5. The van der Waals surface area contributed by atoms with Crippen LogP contribution in [0.4, 0.5) is 0 Å². The minimum absolute atomic E-state index is 0.0510. The molecule has 122 valence electrons. The summed E-state index contributed by atoms with van der Waals surface area (Å²) in [5, 5.41) is 4.94. The third-order valence-electron chi connectivity index (χ3n) is 4.50. The average molecular weight is 341 g/mol. The fourth-order valence-electron chi connectivity index (χ4n) is 3.09. The first-order valence-corrected chi connectivity index (χ1v) is 8.34. The molecule has 2 aromatic heterocycles. The summed E-state index contributed by atoms with van der Waals surface area (Å²) in [7, 11) is 0. The van der Waals surface area contributed by atoms with Crippen LogP contribution in [0.25, 0.3) is 11.4 Å². The Balaban J connectivity index is 1.55. The maximum atomic E-state index is 6.29. The molecule has 0 radical (unpaired) electrons. The molecule has 0 aliphatic carbocycles. The summed E-state index contributed by atoms with van der Waals surface area (Å²) in [6, 6.07) is 9.93. The third-order valence-corrected chi connectivity index (χ3v) is 4.86. The summed E-state index contributed by atoms with van der Waals surface area (Å²) in [6.07, 6.45) is 4.39. The van der Waals surface area contributed by atoms with Gasteiger partial charge in [0.15, 0.2) is 0 Å².